The van der Waals surface area contributed by atoms with Gasteiger partial charge in [0.15, 0.2) is 0 Å². The van der Waals surface area contributed by atoms with Gasteiger partial charge in [0.1, 0.15) is 0 Å². The van der Waals surface area contributed by atoms with Gasteiger partial charge in [-0.3, -0.25) is 4.79 Å². The number of carbonyl (C=O) groups is 1. The number of rotatable bonds is 6. The highest BCUT2D eigenvalue weighted by atomic mass is 16.5. The molecule has 2 N–H and O–H groups in total. The Labute approximate surface area is 145 Å². The van der Waals surface area contributed by atoms with Gasteiger partial charge in [-0.2, -0.15) is 0 Å². The molecule has 0 spiro atoms. The second-order valence-corrected chi connectivity index (χ2v) is 7.18. The zero-order valence-corrected chi connectivity index (χ0v) is 14.7. The summed E-state index contributed by atoms with van der Waals surface area (Å²) in [6, 6.07) is 8.77. The van der Waals surface area contributed by atoms with Gasteiger partial charge in [-0.15, -0.1) is 0 Å². The van der Waals surface area contributed by atoms with Crippen LogP contribution in [-0.2, 0) is 22.4 Å². The number of likely N-dealkylation sites (tertiary alicyclic amines) is 1. The quantitative estimate of drug-likeness (QED) is 0.871. The third-order valence-electron chi connectivity index (χ3n) is 5.79. The van der Waals surface area contributed by atoms with Crippen molar-refractivity contribution in [1.82, 2.24) is 4.90 Å². The molecule has 0 bridgehead atoms. The first-order chi connectivity index (χ1) is 11.7. The number of primary amides is 1. The van der Waals surface area contributed by atoms with Crippen LogP contribution in [0.4, 0.5) is 0 Å². The van der Waals surface area contributed by atoms with Gasteiger partial charge in [0.05, 0.1) is 12.0 Å². The van der Waals surface area contributed by atoms with Crippen molar-refractivity contribution in [3.8, 4) is 0 Å². The Bertz CT molecular complexity index is 552. The van der Waals surface area contributed by atoms with Crippen LogP contribution in [0, 0.1) is 11.8 Å². The van der Waals surface area contributed by atoms with Gasteiger partial charge < -0.3 is 15.4 Å². The fraction of sp³-hybridized carbons (Fsp3) is 0.650. The molecule has 4 nitrogen and oxygen atoms in total. The summed E-state index contributed by atoms with van der Waals surface area (Å²) in [6.07, 6.45) is 5.32. The van der Waals surface area contributed by atoms with Crippen LogP contribution in [0.5, 0.6) is 0 Å². The maximum Gasteiger partial charge on any atom is 0.223 e. The van der Waals surface area contributed by atoms with E-state index in [2.05, 4.69) is 36.1 Å². The van der Waals surface area contributed by atoms with Crippen LogP contribution in [0.3, 0.4) is 0 Å². The Morgan fingerprint density at radius 2 is 1.92 bits per heavy atom. The highest BCUT2D eigenvalue weighted by molar-refractivity contribution is 5.77. The number of nitrogens with zero attached hydrogens (tertiary/aromatic N) is 1. The third kappa shape index (κ3) is 3.98. The Morgan fingerprint density at radius 3 is 2.58 bits per heavy atom. The topological polar surface area (TPSA) is 55.6 Å². The zero-order chi connectivity index (χ0) is 16.9. The molecule has 0 radical (unpaired) electrons. The Morgan fingerprint density at radius 1 is 1.21 bits per heavy atom. The van der Waals surface area contributed by atoms with E-state index in [0.29, 0.717) is 12.5 Å². The molecule has 0 aromatic heterocycles. The highest BCUT2D eigenvalue weighted by Gasteiger charge is 2.39. The Hall–Kier alpha value is -1.39. The van der Waals surface area contributed by atoms with Crippen molar-refractivity contribution in [3.05, 3.63) is 35.4 Å². The first kappa shape index (κ1) is 17.4. The average Bonchev–Trinajstić information content (AvgIpc) is 3.10. The van der Waals surface area contributed by atoms with Crippen LogP contribution >= 0.6 is 0 Å². The second kappa shape index (κ2) is 8.13. The number of benzene rings is 1. The SMILES string of the molecule is CCc1ccccc1CCN1CCC([C@H]2OCC[C@@H]2C(N)=O)CC1. The van der Waals surface area contributed by atoms with E-state index in [-0.39, 0.29) is 17.9 Å². The van der Waals surface area contributed by atoms with E-state index in [1.54, 1.807) is 0 Å². The fourth-order valence-corrected chi connectivity index (χ4v) is 4.31. The predicted molar refractivity (Wildman–Crippen MR) is 95.7 cm³/mol. The largest absolute Gasteiger partial charge is 0.377 e. The number of piperidine rings is 1. The van der Waals surface area contributed by atoms with Gasteiger partial charge in [-0.1, -0.05) is 31.2 Å². The molecule has 0 aliphatic carbocycles. The van der Waals surface area contributed by atoms with E-state index in [1.165, 1.54) is 11.1 Å². The lowest BCUT2D eigenvalue weighted by Gasteiger charge is -2.35. The smallest absolute Gasteiger partial charge is 0.223 e. The number of amides is 1. The van der Waals surface area contributed by atoms with Gasteiger partial charge in [0, 0.05) is 13.2 Å². The summed E-state index contributed by atoms with van der Waals surface area (Å²) in [7, 11) is 0. The van der Waals surface area contributed by atoms with Crippen molar-refractivity contribution < 1.29 is 9.53 Å². The molecule has 2 heterocycles. The first-order valence-electron chi connectivity index (χ1n) is 9.39. The maximum absolute atomic E-state index is 11.6. The molecule has 0 unspecified atom stereocenters. The van der Waals surface area contributed by atoms with Gasteiger partial charge in [0.2, 0.25) is 5.91 Å². The summed E-state index contributed by atoms with van der Waals surface area (Å²) < 4.78 is 5.84. The number of hydrogen-bond acceptors (Lipinski definition) is 3. The lowest BCUT2D eigenvalue weighted by atomic mass is 9.84. The van der Waals surface area contributed by atoms with E-state index in [9.17, 15) is 4.79 Å². The summed E-state index contributed by atoms with van der Waals surface area (Å²) in [5.74, 6) is 0.235. The maximum atomic E-state index is 11.6. The summed E-state index contributed by atoms with van der Waals surface area (Å²) >= 11 is 0. The lowest BCUT2D eigenvalue weighted by Crippen LogP contribution is -2.42. The molecular weight excluding hydrogens is 300 g/mol. The van der Waals surface area contributed by atoms with E-state index in [0.717, 1.165) is 51.7 Å². The van der Waals surface area contributed by atoms with Crippen molar-refractivity contribution in [2.75, 3.05) is 26.2 Å². The molecule has 24 heavy (non-hydrogen) atoms. The summed E-state index contributed by atoms with van der Waals surface area (Å²) in [4.78, 5) is 14.1. The van der Waals surface area contributed by atoms with Crippen molar-refractivity contribution in [3.63, 3.8) is 0 Å². The number of carbonyl (C=O) groups excluding carboxylic acids is 1. The van der Waals surface area contributed by atoms with Crippen molar-refractivity contribution in [2.24, 2.45) is 17.6 Å². The Kier molecular flexibility index (Phi) is 5.90. The van der Waals surface area contributed by atoms with Gasteiger partial charge in [-0.05, 0) is 62.2 Å². The minimum atomic E-state index is -0.184. The second-order valence-electron chi connectivity index (χ2n) is 7.18. The van der Waals surface area contributed by atoms with E-state index < -0.39 is 0 Å². The molecule has 2 fully saturated rings. The molecule has 132 valence electrons. The zero-order valence-electron chi connectivity index (χ0n) is 14.7. The van der Waals surface area contributed by atoms with Gasteiger partial charge in [0.25, 0.3) is 0 Å². The molecule has 2 aliphatic heterocycles. The van der Waals surface area contributed by atoms with Crippen LogP contribution < -0.4 is 5.73 Å². The van der Waals surface area contributed by atoms with Crippen LogP contribution in [-0.4, -0.2) is 43.2 Å². The van der Waals surface area contributed by atoms with Gasteiger partial charge in [-0.25, -0.2) is 0 Å². The molecule has 2 saturated heterocycles. The number of nitrogens with two attached hydrogens (primary N) is 1. The molecule has 0 saturated carbocycles. The average molecular weight is 330 g/mol. The van der Waals surface area contributed by atoms with E-state index in [4.69, 9.17) is 10.5 Å². The predicted octanol–water partition coefficient (Wildman–Crippen LogP) is 2.39. The van der Waals surface area contributed by atoms with Crippen molar-refractivity contribution in [1.29, 1.82) is 0 Å². The standard InChI is InChI=1S/C20H30N2O2/c1-2-15-5-3-4-6-16(15)7-11-22-12-8-17(9-13-22)19-18(20(21)23)10-14-24-19/h3-6,17-19H,2,7-14H2,1H3,(H2,21,23)/t18-,19+/m0/s1. The molecule has 1 amide bonds. The van der Waals surface area contributed by atoms with E-state index >= 15 is 0 Å². The number of aryl methyl sites for hydroxylation is 1. The summed E-state index contributed by atoms with van der Waals surface area (Å²) in [5, 5.41) is 0. The minimum Gasteiger partial charge on any atom is -0.377 e. The molecule has 2 atom stereocenters. The van der Waals surface area contributed by atoms with Crippen LogP contribution in [0.25, 0.3) is 0 Å². The minimum absolute atomic E-state index is 0.0606. The molecular formula is C20H30N2O2. The van der Waals surface area contributed by atoms with Gasteiger partial charge >= 0.3 is 0 Å². The Balaban J connectivity index is 1.48. The summed E-state index contributed by atoms with van der Waals surface area (Å²) in [6.45, 7) is 6.23. The highest BCUT2D eigenvalue weighted by Crippen LogP contribution is 2.33. The number of hydrogen-bond donors (Lipinski definition) is 1. The van der Waals surface area contributed by atoms with Crippen molar-refractivity contribution >= 4 is 5.91 Å². The fourth-order valence-electron chi connectivity index (χ4n) is 4.31. The van der Waals surface area contributed by atoms with Crippen LogP contribution in [0.2, 0.25) is 0 Å². The lowest BCUT2D eigenvalue weighted by molar-refractivity contribution is -0.124. The molecule has 3 rings (SSSR count). The normalized spacial score (nSPS) is 25.9. The molecule has 2 aliphatic rings. The van der Waals surface area contributed by atoms with Crippen LogP contribution in [0.15, 0.2) is 24.3 Å². The summed E-state index contributed by atoms with van der Waals surface area (Å²) in [5.41, 5.74) is 8.48. The molecule has 1 aromatic carbocycles. The third-order valence-corrected chi connectivity index (χ3v) is 5.79. The molecule has 4 heteroatoms. The van der Waals surface area contributed by atoms with Crippen LogP contribution in [0.1, 0.15) is 37.3 Å². The monoisotopic (exact) mass is 330 g/mol. The van der Waals surface area contributed by atoms with Crippen molar-refractivity contribution in [2.45, 2.75) is 45.1 Å². The molecule has 1 aromatic rings. The first-order valence-corrected chi connectivity index (χ1v) is 9.39. The number of ether oxygens (including phenoxy) is 1. The van der Waals surface area contributed by atoms with E-state index in [1.807, 2.05) is 0 Å².